The molecule has 41 heavy (non-hydrogen) atoms. The number of carbonyl (C=O) groups excluding carboxylic acids is 1. The van der Waals surface area contributed by atoms with E-state index >= 15 is 0 Å². The van der Waals surface area contributed by atoms with E-state index in [2.05, 4.69) is 4.98 Å². The molecular weight excluding hydrogens is 553 g/mol. The molecule has 1 saturated heterocycles. The van der Waals surface area contributed by atoms with Gasteiger partial charge in [-0.2, -0.15) is 22.0 Å². The maximum absolute atomic E-state index is 13.4. The number of nitrogens with zero attached hydrogens (tertiary/aromatic N) is 2. The number of hydrogen-bond donors (Lipinski definition) is 2. The van der Waals surface area contributed by atoms with Gasteiger partial charge in [0.1, 0.15) is 5.75 Å². The molecule has 2 heterocycles. The van der Waals surface area contributed by atoms with Gasteiger partial charge >= 0.3 is 18.1 Å². The van der Waals surface area contributed by atoms with Crippen LogP contribution in [0.4, 0.5) is 27.6 Å². The van der Waals surface area contributed by atoms with Crippen molar-refractivity contribution < 1.29 is 46.1 Å². The highest BCUT2D eigenvalue weighted by molar-refractivity contribution is 6.00. The molecule has 2 N–H and O–H groups in total. The van der Waals surface area contributed by atoms with Gasteiger partial charge in [0.2, 0.25) is 5.88 Å². The minimum atomic E-state index is -5.78. The molecule has 0 spiro atoms. The summed E-state index contributed by atoms with van der Waals surface area (Å²) in [6.07, 6.45) is -0.771. The fourth-order valence-corrected chi connectivity index (χ4v) is 5.00. The number of aliphatic carboxylic acids is 1. The average Bonchev–Trinajstić information content (AvgIpc) is 3.78. The molecule has 1 aliphatic carbocycles. The molecule has 0 bridgehead atoms. The number of piperidine rings is 1. The van der Waals surface area contributed by atoms with Crippen molar-refractivity contribution in [3.05, 3.63) is 47.7 Å². The van der Waals surface area contributed by atoms with Gasteiger partial charge in [0.25, 0.3) is 5.91 Å². The average molecular weight is 586 g/mol. The zero-order valence-electron chi connectivity index (χ0n) is 22.4. The molecular formula is C28H32F5N3O5. The third-order valence-corrected chi connectivity index (χ3v) is 7.53. The summed E-state index contributed by atoms with van der Waals surface area (Å²) in [6, 6.07) is 7.94. The number of carboxylic acids is 1. The molecule has 2 fully saturated rings. The second kappa shape index (κ2) is 12.5. The SMILES string of the molecule is COc1ccc(C(=O)NCC(F)(F)C(F)(F)F)c(N2CCC(COc3cc(C(CC(=O)O)C4CC4)ccn3)CC2)c1. The Balaban J connectivity index is 1.36. The Morgan fingerprint density at radius 1 is 1.10 bits per heavy atom. The number of halogens is 5. The maximum atomic E-state index is 13.4. The fraction of sp³-hybridized carbons (Fsp3) is 0.536. The van der Waals surface area contributed by atoms with Gasteiger partial charge in [0.15, 0.2) is 0 Å². The van der Waals surface area contributed by atoms with Crippen LogP contribution < -0.4 is 19.7 Å². The molecule has 224 valence electrons. The van der Waals surface area contributed by atoms with Crippen LogP contribution in [0.1, 0.15) is 53.9 Å². The third-order valence-electron chi connectivity index (χ3n) is 7.53. The van der Waals surface area contributed by atoms with Gasteiger partial charge in [-0.15, -0.1) is 0 Å². The van der Waals surface area contributed by atoms with E-state index in [-0.39, 0.29) is 23.8 Å². The van der Waals surface area contributed by atoms with Crippen LogP contribution >= 0.6 is 0 Å². The number of aromatic nitrogens is 1. The van der Waals surface area contributed by atoms with Gasteiger partial charge in [0.05, 0.1) is 37.9 Å². The van der Waals surface area contributed by atoms with Gasteiger partial charge in [-0.3, -0.25) is 9.59 Å². The fourth-order valence-electron chi connectivity index (χ4n) is 5.00. The van der Waals surface area contributed by atoms with E-state index in [4.69, 9.17) is 9.47 Å². The number of carboxylic acid groups (broad SMARTS) is 1. The summed E-state index contributed by atoms with van der Waals surface area (Å²) < 4.78 is 75.5. The Morgan fingerprint density at radius 3 is 2.41 bits per heavy atom. The van der Waals surface area contributed by atoms with Gasteiger partial charge in [-0.25, -0.2) is 4.98 Å². The summed E-state index contributed by atoms with van der Waals surface area (Å²) in [7, 11) is 1.42. The van der Waals surface area contributed by atoms with E-state index in [1.54, 1.807) is 23.6 Å². The van der Waals surface area contributed by atoms with E-state index < -0.39 is 30.5 Å². The predicted octanol–water partition coefficient (Wildman–Crippen LogP) is 5.28. The van der Waals surface area contributed by atoms with Crippen LogP contribution in [0, 0.1) is 11.8 Å². The Hall–Kier alpha value is -3.64. The lowest BCUT2D eigenvalue weighted by molar-refractivity contribution is -0.278. The van der Waals surface area contributed by atoms with Crippen LogP contribution in [0.2, 0.25) is 0 Å². The summed E-state index contributed by atoms with van der Waals surface area (Å²) in [5.41, 5.74) is 1.23. The van der Waals surface area contributed by atoms with Crippen LogP contribution in [0.25, 0.3) is 0 Å². The topological polar surface area (TPSA) is 101 Å². The van der Waals surface area contributed by atoms with Gasteiger partial charge < -0.3 is 24.8 Å². The van der Waals surface area contributed by atoms with Gasteiger partial charge in [0, 0.05) is 31.4 Å². The maximum Gasteiger partial charge on any atom is 0.455 e. The minimum absolute atomic E-state index is 0.0360. The highest BCUT2D eigenvalue weighted by atomic mass is 19.4. The number of methoxy groups -OCH3 is 1. The standard InChI is InChI=1S/C28H32F5N3O5/c1-40-20-4-5-21(26(39)35-16-27(29,30)28(31,32)33)23(13-20)36-10-7-17(8-11-36)15-41-24-12-19(6-9-34-24)22(14-25(37)38)18-2-3-18/h4-6,9,12-13,17-18,22H,2-3,7-8,10-11,14-16H2,1H3,(H,35,39)(H,37,38). The molecule has 0 radical (unpaired) electrons. The van der Waals surface area contributed by atoms with Crippen LogP contribution in [0.5, 0.6) is 11.6 Å². The number of alkyl halides is 5. The molecule has 1 atom stereocenters. The zero-order chi connectivity index (χ0) is 29.8. The van der Waals surface area contributed by atoms with E-state index in [1.165, 1.54) is 19.2 Å². The van der Waals surface area contributed by atoms with Crippen LogP contribution in [-0.4, -0.2) is 67.4 Å². The number of nitrogens with one attached hydrogen (secondary N) is 1. The predicted molar refractivity (Wildman–Crippen MR) is 139 cm³/mol. The Bertz CT molecular complexity index is 1230. The van der Waals surface area contributed by atoms with Crippen molar-refractivity contribution >= 4 is 17.6 Å². The highest BCUT2D eigenvalue weighted by Gasteiger charge is 2.57. The Labute approximate surface area is 233 Å². The number of anilines is 1. The summed E-state index contributed by atoms with van der Waals surface area (Å²) in [5.74, 6) is -5.70. The largest absolute Gasteiger partial charge is 0.497 e. The lowest BCUT2D eigenvalue weighted by Crippen LogP contribution is -2.47. The molecule has 1 aromatic heterocycles. The summed E-state index contributed by atoms with van der Waals surface area (Å²) in [6.45, 7) is -0.533. The van der Waals surface area contributed by atoms with Crippen molar-refractivity contribution in [2.24, 2.45) is 11.8 Å². The first-order valence-electron chi connectivity index (χ1n) is 13.3. The zero-order valence-corrected chi connectivity index (χ0v) is 22.4. The highest BCUT2D eigenvalue weighted by Crippen LogP contribution is 2.45. The van der Waals surface area contributed by atoms with Crippen molar-refractivity contribution in [1.82, 2.24) is 10.3 Å². The van der Waals surface area contributed by atoms with Crippen molar-refractivity contribution in [2.45, 2.75) is 50.1 Å². The molecule has 8 nitrogen and oxygen atoms in total. The number of hydrogen-bond acceptors (Lipinski definition) is 6. The number of pyridine rings is 1. The molecule has 13 heteroatoms. The molecule has 2 aliphatic rings. The van der Waals surface area contributed by atoms with Crippen LogP contribution in [-0.2, 0) is 4.79 Å². The number of carbonyl (C=O) groups is 2. The number of ether oxygens (including phenoxy) is 2. The van der Waals surface area contributed by atoms with Crippen molar-refractivity contribution in [3.63, 3.8) is 0 Å². The Morgan fingerprint density at radius 2 is 1.80 bits per heavy atom. The first-order chi connectivity index (χ1) is 19.4. The molecule has 1 saturated carbocycles. The number of benzene rings is 1. The van der Waals surface area contributed by atoms with Gasteiger partial charge in [-0.1, -0.05) is 0 Å². The molecule has 1 amide bonds. The molecule has 1 unspecified atom stereocenters. The van der Waals surface area contributed by atoms with Crippen molar-refractivity contribution in [3.8, 4) is 11.6 Å². The van der Waals surface area contributed by atoms with Crippen molar-refractivity contribution in [1.29, 1.82) is 0 Å². The first-order valence-corrected chi connectivity index (χ1v) is 13.3. The summed E-state index contributed by atoms with van der Waals surface area (Å²) >= 11 is 0. The van der Waals surface area contributed by atoms with E-state index in [0.717, 1.165) is 18.4 Å². The van der Waals surface area contributed by atoms with Crippen LogP contribution in [0.3, 0.4) is 0 Å². The summed E-state index contributed by atoms with van der Waals surface area (Å²) in [5, 5.41) is 11.0. The Kier molecular flexibility index (Phi) is 9.23. The van der Waals surface area contributed by atoms with E-state index in [0.29, 0.717) is 55.8 Å². The second-order valence-corrected chi connectivity index (χ2v) is 10.5. The molecule has 2 aromatic rings. The lowest BCUT2D eigenvalue weighted by atomic mass is 9.92. The van der Waals surface area contributed by atoms with Crippen molar-refractivity contribution in [2.75, 3.05) is 38.3 Å². The molecule has 1 aromatic carbocycles. The van der Waals surface area contributed by atoms with Gasteiger partial charge in [-0.05, 0) is 67.2 Å². The second-order valence-electron chi connectivity index (χ2n) is 10.5. The monoisotopic (exact) mass is 585 g/mol. The van der Waals surface area contributed by atoms with Crippen LogP contribution in [0.15, 0.2) is 36.5 Å². The third kappa shape index (κ3) is 7.76. The normalized spacial score (nSPS) is 17.2. The van der Waals surface area contributed by atoms with E-state index in [1.807, 2.05) is 11.0 Å². The number of rotatable bonds is 12. The lowest BCUT2D eigenvalue weighted by Gasteiger charge is -2.34. The minimum Gasteiger partial charge on any atom is -0.497 e. The first kappa shape index (κ1) is 30.3. The quantitative estimate of drug-likeness (QED) is 0.327. The smallest absolute Gasteiger partial charge is 0.455 e. The molecule has 4 rings (SSSR count). The number of amides is 1. The van der Waals surface area contributed by atoms with E-state index in [9.17, 15) is 36.6 Å². The summed E-state index contributed by atoms with van der Waals surface area (Å²) in [4.78, 5) is 30.1. The molecule has 1 aliphatic heterocycles.